The van der Waals surface area contributed by atoms with Gasteiger partial charge in [0.05, 0.1) is 6.10 Å². The third-order valence-electron chi connectivity index (χ3n) is 1.67. The first-order valence-electron chi connectivity index (χ1n) is 3.86. The van der Waals surface area contributed by atoms with Crippen LogP contribution in [0, 0.1) is 0 Å². The van der Waals surface area contributed by atoms with Crippen molar-refractivity contribution in [3.05, 3.63) is 0 Å². The Morgan fingerprint density at radius 3 is 2.14 bits per heavy atom. The lowest BCUT2D eigenvalue weighted by molar-refractivity contribution is -0.227. The second-order valence-corrected chi connectivity index (χ2v) is 2.89. The number of hydrogen-bond acceptors (Lipinski definition) is 3. The van der Waals surface area contributed by atoms with Crippen molar-refractivity contribution >= 4 is 5.97 Å². The smallest absolute Gasteiger partial charge is 0.414 e. The van der Waals surface area contributed by atoms with Gasteiger partial charge in [-0.2, -0.15) is 13.2 Å². The van der Waals surface area contributed by atoms with Gasteiger partial charge in [-0.05, 0) is 13.8 Å². The number of carboxylic acid groups (broad SMARTS) is 1. The van der Waals surface area contributed by atoms with Crippen molar-refractivity contribution in [3.8, 4) is 0 Å². The molecule has 0 bridgehead atoms. The summed E-state index contributed by atoms with van der Waals surface area (Å²) >= 11 is 0. The lowest BCUT2D eigenvalue weighted by atomic mass is 10.2. The minimum absolute atomic E-state index is 0.797. The van der Waals surface area contributed by atoms with Gasteiger partial charge in [0.25, 0.3) is 0 Å². The normalized spacial score (nSPS) is 18.7. The molecule has 0 fully saturated rings. The average Bonchev–Trinajstić information content (AvgIpc) is 2.00. The van der Waals surface area contributed by atoms with E-state index in [9.17, 15) is 18.0 Å². The van der Waals surface area contributed by atoms with E-state index >= 15 is 0 Å². The number of carboxylic acids is 1. The van der Waals surface area contributed by atoms with Gasteiger partial charge >= 0.3 is 12.1 Å². The highest BCUT2D eigenvalue weighted by Crippen LogP contribution is 2.23. The fourth-order valence-corrected chi connectivity index (χ4v) is 0.685. The lowest BCUT2D eigenvalue weighted by Crippen LogP contribution is -2.45. The maximum Gasteiger partial charge on any atom is 0.414 e. The molecule has 0 rings (SSSR count). The molecule has 3 N–H and O–H groups in total. The number of halogens is 3. The van der Waals surface area contributed by atoms with Crippen LogP contribution >= 0.6 is 0 Å². The van der Waals surface area contributed by atoms with E-state index < -0.39 is 30.4 Å². The molecule has 0 saturated carbocycles. The molecule has 7 heteroatoms. The second-order valence-electron chi connectivity index (χ2n) is 2.89. The number of rotatable bonds is 4. The van der Waals surface area contributed by atoms with Crippen LogP contribution in [0.4, 0.5) is 13.2 Å². The van der Waals surface area contributed by atoms with Gasteiger partial charge in [0.15, 0.2) is 6.10 Å². The highest BCUT2D eigenvalue weighted by molar-refractivity contribution is 5.73. The number of nitrogens with two attached hydrogens (primary N) is 1. The zero-order valence-electron chi connectivity index (χ0n) is 7.71. The molecular formula is C7H12F3NO3. The number of aliphatic carboxylic acids is 1. The molecule has 0 amide bonds. The van der Waals surface area contributed by atoms with Crippen LogP contribution in [0.5, 0.6) is 0 Å². The number of ether oxygens (including phenoxy) is 1. The summed E-state index contributed by atoms with van der Waals surface area (Å²) in [5, 5.41) is 8.38. The molecular weight excluding hydrogens is 203 g/mol. The van der Waals surface area contributed by atoms with E-state index in [2.05, 4.69) is 4.74 Å². The third-order valence-corrected chi connectivity index (χ3v) is 1.67. The van der Waals surface area contributed by atoms with Crippen LogP contribution in [0.25, 0.3) is 0 Å². The first kappa shape index (κ1) is 13.2. The van der Waals surface area contributed by atoms with Crippen molar-refractivity contribution in [3.63, 3.8) is 0 Å². The molecule has 0 radical (unpaired) electrons. The minimum Gasteiger partial charge on any atom is -0.480 e. The van der Waals surface area contributed by atoms with Gasteiger partial charge in [0.2, 0.25) is 0 Å². The highest BCUT2D eigenvalue weighted by atomic mass is 19.4. The van der Waals surface area contributed by atoms with Crippen LogP contribution in [0.1, 0.15) is 13.8 Å². The topological polar surface area (TPSA) is 72.5 Å². The molecule has 0 aliphatic heterocycles. The highest BCUT2D eigenvalue weighted by Gasteiger charge is 2.39. The predicted octanol–water partition coefficient (Wildman–Crippen LogP) is 0.754. The van der Waals surface area contributed by atoms with Gasteiger partial charge in [-0.15, -0.1) is 0 Å². The van der Waals surface area contributed by atoms with Crippen molar-refractivity contribution in [1.82, 2.24) is 0 Å². The van der Waals surface area contributed by atoms with Crippen LogP contribution in [0.2, 0.25) is 0 Å². The van der Waals surface area contributed by atoms with E-state index in [1.165, 1.54) is 6.92 Å². The van der Waals surface area contributed by atoms with E-state index in [0.717, 1.165) is 6.92 Å². The minimum atomic E-state index is -4.51. The van der Waals surface area contributed by atoms with Crippen molar-refractivity contribution in [1.29, 1.82) is 0 Å². The molecule has 0 heterocycles. The summed E-state index contributed by atoms with van der Waals surface area (Å²) in [5.41, 5.74) is 5.06. The Bertz CT molecular complexity index is 207. The second kappa shape index (κ2) is 4.61. The lowest BCUT2D eigenvalue weighted by Gasteiger charge is -2.23. The maximum atomic E-state index is 12.0. The summed E-state index contributed by atoms with van der Waals surface area (Å²) < 4.78 is 40.3. The van der Waals surface area contributed by atoms with Crippen molar-refractivity contribution in [2.75, 3.05) is 0 Å². The molecule has 0 aromatic rings. The summed E-state index contributed by atoms with van der Waals surface area (Å²) in [4.78, 5) is 10.3. The molecule has 0 aromatic heterocycles. The Hall–Kier alpha value is -0.820. The molecule has 84 valence electrons. The number of carbonyl (C=O) groups is 1. The van der Waals surface area contributed by atoms with Gasteiger partial charge in [-0.25, -0.2) is 0 Å². The van der Waals surface area contributed by atoms with Gasteiger partial charge < -0.3 is 15.6 Å². The van der Waals surface area contributed by atoms with Gasteiger partial charge in [0.1, 0.15) is 6.04 Å². The average molecular weight is 215 g/mol. The fraction of sp³-hybridized carbons (Fsp3) is 0.857. The molecule has 0 aromatic carbocycles. The quantitative estimate of drug-likeness (QED) is 0.726. The zero-order chi connectivity index (χ0) is 11.5. The molecule has 0 spiro atoms. The molecule has 0 aliphatic carbocycles. The standard InChI is InChI=1S/C7H12F3NO3/c1-3(5(11)6(12)13)14-4(2)7(8,9)10/h3-5H,11H2,1-2H3,(H,12,13). The molecule has 3 unspecified atom stereocenters. The maximum absolute atomic E-state index is 12.0. The molecule has 0 saturated heterocycles. The zero-order valence-corrected chi connectivity index (χ0v) is 7.71. The van der Waals surface area contributed by atoms with Gasteiger partial charge in [-0.3, -0.25) is 4.79 Å². The van der Waals surface area contributed by atoms with E-state index in [1.54, 1.807) is 0 Å². The molecule has 4 nitrogen and oxygen atoms in total. The first-order chi connectivity index (χ1) is 6.16. The van der Waals surface area contributed by atoms with E-state index in [-0.39, 0.29) is 0 Å². The van der Waals surface area contributed by atoms with E-state index in [4.69, 9.17) is 10.8 Å². The van der Waals surface area contributed by atoms with Crippen molar-refractivity contribution in [2.24, 2.45) is 5.73 Å². The monoisotopic (exact) mass is 215 g/mol. The summed E-state index contributed by atoms with van der Waals surface area (Å²) in [5.74, 6) is -1.40. The predicted molar refractivity (Wildman–Crippen MR) is 41.7 cm³/mol. The van der Waals surface area contributed by atoms with Crippen molar-refractivity contribution in [2.45, 2.75) is 38.3 Å². The Balaban J connectivity index is 4.19. The first-order valence-corrected chi connectivity index (χ1v) is 3.86. The SMILES string of the molecule is CC(OC(C)C(F)(F)F)C(N)C(=O)O. The fourth-order valence-electron chi connectivity index (χ4n) is 0.685. The molecule has 0 aliphatic rings. The Morgan fingerprint density at radius 1 is 1.43 bits per heavy atom. The van der Waals surface area contributed by atoms with Crippen LogP contribution in [-0.4, -0.2) is 35.5 Å². The summed E-state index contributed by atoms with van der Waals surface area (Å²) in [6, 6.07) is -1.46. The Labute approximate surface area is 78.8 Å². The number of hydrogen-bond donors (Lipinski definition) is 2. The summed E-state index contributed by atoms with van der Waals surface area (Å²) in [7, 11) is 0. The van der Waals surface area contributed by atoms with Crippen LogP contribution in [0.15, 0.2) is 0 Å². The van der Waals surface area contributed by atoms with Crippen LogP contribution in [0.3, 0.4) is 0 Å². The van der Waals surface area contributed by atoms with Crippen LogP contribution < -0.4 is 5.73 Å². The summed E-state index contributed by atoms with van der Waals surface area (Å²) in [6.07, 6.45) is -7.72. The Morgan fingerprint density at radius 2 is 1.86 bits per heavy atom. The van der Waals surface area contributed by atoms with Gasteiger partial charge in [-0.1, -0.05) is 0 Å². The van der Waals surface area contributed by atoms with Gasteiger partial charge in [0, 0.05) is 0 Å². The molecule has 3 atom stereocenters. The van der Waals surface area contributed by atoms with Crippen molar-refractivity contribution < 1.29 is 27.8 Å². The largest absolute Gasteiger partial charge is 0.480 e. The third kappa shape index (κ3) is 3.93. The van der Waals surface area contributed by atoms with Crippen LogP contribution in [-0.2, 0) is 9.53 Å². The Kier molecular flexibility index (Phi) is 4.34. The summed E-state index contributed by atoms with van der Waals surface area (Å²) in [6.45, 7) is 1.98. The van der Waals surface area contributed by atoms with E-state index in [0.29, 0.717) is 0 Å². The number of alkyl halides is 3. The van der Waals surface area contributed by atoms with E-state index in [1.807, 2.05) is 0 Å². The molecule has 14 heavy (non-hydrogen) atoms.